The summed E-state index contributed by atoms with van der Waals surface area (Å²) in [6.45, 7) is 2.94. The number of aliphatic hydroxyl groups is 1. The third-order valence-corrected chi connectivity index (χ3v) is 5.06. The highest BCUT2D eigenvalue weighted by Gasteiger charge is 2.43. The molecule has 2 fully saturated rings. The van der Waals surface area contributed by atoms with Gasteiger partial charge in [0.15, 0.2) is 5.69 Å². The monoisotopic (exact) mass is 286 g/mol. The Bertz CT molecular complexity index is 534. The van der Waals surface area contributed by atoms with Crippen molar-refractivity contribution < 1.29 is 5.11 Å². The Hall–Kier alpha value is -1.67. The van der Waals surface area contributed by atoms with Crippen molar-refractivity contribution in [1.82, 2.24) is 9.97 Å². The van der Waals surface area contributed by atoms with E-state index in [4.69, 9.17) is 5.26 Å². The molecule has 1 saturated carbocycles. The number of nitriles is 1. The molecule has 0 spiro atoms. The topological polar surface area (TPSA) is 73.0 Å². The maximum atomic E-state index is 10.7. The summed E-state index contributed by atoms with van der Waals surface area (Å²) in [7, 11) is 0. The van der Waals surface area contributed by atoms with Gasteiger partial charge in [-0.05, 0) is 32.6 Å². The molecule has 2 aliphatic rings. The van der Waals surface area contributed by atoms with Gasteiger partial charge in [0.2, 0.25) is 0 Å². The van der Waals surface area contributed by atoms with E-state index in [1.807, 2.05) is 13.0 Å². The van der Waals surface area contributed by atoms with Crippen LogP contribution < -0.4 is 4.90 Å². The molecule has 21 heavy (non-hydrogen) atoms. The lowest BCUT2D eigenvalue weighted by Gasteiger charge is -2.43. The minimum Gasteiger partial charge on any atom is -0.390 e. The third-order valence-electron chi connectivity index (χ3n) is 5.06. The van der Waals surface area contributed by atoms with Crippen LogP contribution >= 0.6 is 0 Å². The Morgan fingerprint density at radius 2 is 2.14 bits per heavy atom. The highest BCUT2D eigenvalue weighted by molar-refractivity contribution is 5.40. The Labute approximate surface area is 125 Å². The molecule has 5 heteroatoms. The first kappa shape index (κ1) is 14.3. The molecular weight excluding hydrogens is 264 g/mol. The average Bonchev–Trinajstić information content (AvgIpc) is 2.96. The lowest BCUT2D eigenvalue weighted by atomic mass is 9.72. The first-order chi connectivity index (χ1) is 10.1. The maximum Gasteiger partial charge on any atom is 0.158 e. The van der Waals surface area contributed by atoms with Crippen LogP contribution in [0.2, 0.25) is 0 Å². The predicted molar refractivity (Wildman–Crippen MR) is 79.7 cm³/mol. The van der Waals surface area contributed by atoms with Crippen LogP contribution in [0.5, 0.6) is 0 Å². The van der Waals surface area contributed by atoms with Crippen molar-refractivity contribution in [2.75, 3.05) is 11.4 Å². The van der Waals surface area contributed by atoms with E-state index < -0.39 is 5.60 Å². The number of hydrogen-bond donors (Lipinski definition) is 1. The first-order valence-electron chi connectivity index (χ1n) is 7.83. The zero-order chi connectivity index (χ0) is 14.9. The second kappa shape index (κ2) is 5.61. The minimum absolute atomic E-state index is 0.297. The molecule has 1 aromatic heterocycles. The molecule has 1 N–H and O–H groups in total. The van der Waals surface area contributed by atoms with E-state index in [9.17, 15) is 5.11 Å². The molecule has 1 aliphatic carbocycles. The molecule has 1 aliphatic heterocycles. The van der Waals surface area contributed by atoms with E-state index >= 15 is 0 Å². The van der Waals surface area contributed by atoms with Crippen molar-refractivity contribution in [3.8, 4) is 6.07 Å². The molecule has 1 saturated heterocycles. The van der Waals surface area contributed by atoms with E-state index in [0.29, 0.717) is 17.7 Å². The highest BCUT2D eigenvalue weighted by Crippen LogP contribution is 2.41. The third kappa shape index (κ3) is 2.73. The van der Waals surface area contributed by atoms with Gasteiger partial charge in [0, 0.05) is 18.5 Å². The van der Waals surface area contributed by atoms with Crippen molar-refractivity contribution in [1.29, 1.82) is 5.26 Å². The lowest BCUT2D eigenvalue weighted by Crippen LogP contribution is -2.49. The predicted octanol–water partition coefficient (Wildman–Crippen LogP) is 2.26. The molecule has 2 heterocycles. The Morgan fingerprint density at radius 3 is 2.81 bits per heavy atom. The maximum absolute atomic E-state index is 10.7. The van der Waals surface area contributed by atoms with E-state index in [2.05, 4.69) is 14.9 Å². The fraction of sp³-hybridized carbons (Fsp3) is 0.688. The van der Waals surface area contributed by atoms with Gasteiger partial charge in [-0.3, -0.25) is 0 Å². The lowest BCUT2D eigenvalue weighted by molar-refractivity contribution is -0.0411. The van der Waals surface area contributed by atoms with Gasteiger partial charge >= 0.3 is 0 Å². The molecule has 3 atom stereocenters. The molecule has 0 aromatic carbocycles. The standard InChI is InChI=1S/C16H22N4O/c1-16(21)7-3-2-5-13(16)14-6-4-8-20(14)15-11-18-12(9-17)10-19-15/h10-11,13-14,21H,2-8H2,1H3/t13-,14+,16-/m0/s1. The smallest absolute Gasteiger partial charge is 0.158 e. The van der Waals surface area contributed by atoms with Crippen LogP contribution in [0.15, 0.2) is 12.4 Å². The average molecular weight is 286 g/mol. The SMILES string of the molecule is C[C@]1(O)CCCC[C@H]1[C@H]1CCCN1c1cnc(C#N)cn1. The number of rotatable bonds is 2. The van der Waals surface area contributed by atoms with E-state index in [0.717, 1.165) is 44.5 Å². The highest BCUT2D eigenvalue weighted by atomic mass is 16.3. The van der Waals surface area contributed by atoms with Gasteiger partial charge in [-0.2, -0.15) is 5.26 Å². The second-order valence-corrected chi connectivity index (χ2v) is 6.48. The summed E-state index contributed by atoms with van der Waals surface area (Å²) in [6, 6.07) is 2.34. The minimum atomic E-state index is -0.578. The molecule has 3 rings (SSSR count). The number of anilines is 1. The van der Waals surface area contributed by atoms with E-state index in [1.165, 1.54) is 12.6 Å². The van der Waals surface area contributed by atoms with Crippen LogP contribution in [0.4, 0.5) is 5.82 Å². The molecule has 0 amide bonds. The summed E-state index contributed by atoms with van der Waals surface area (Å²) < 4.78 is 0. The second-order valence-electron chi connectivity index (χ2n) is 6.48. The van der Waals surface area contributed by atoms with E-state index in [-0.39, 0.29) is 0 Å². The quantitative estimate of drug-likeness (QED) is 0.902. The van der Waals surface area contributed by atoms with Gasteiger partial charge < -0.3 is 10.0 Å². The van der Waals surface area contributed by atoms with Crippen molar-refractivity contribution in [2.24, 2.45) is 5.92 Å². The van der Waals surface area contributed by atoms with Crippen molar-refractivity contribution in [2.45, 2.75) is 57.1 Å². The summed E-state index contributed by atoms with van der Waals surface area (Å²) in [4.78, 5) is 10.8. The van der Waals surface area contributed by atoms with Crippen LogP contribution in [0.25, 0.3) is 0 Å². The molecule has 112 valence electrons. The first-order valence-corrected chi connectivity index (χ1v) is 7.83. The number of aromatic nitrogens is 2. The van der Waals surface area contributed by atoms with Crippen LogP contribution in [0, 0.1) is 17.2 Å². The van der Waals surface area contributed by atoms with Gasteiger partial charge in [-0.25, -0.2) is 9.97 Å². The summed E-state index contributed by atoms with van der Waals surface area (Å²) in [5.41, 5.74) is -0.231. The normalized spacial score (nSPS) is 32.9. The molecule has 0 bridgehead atoms. The molecule has 5 nitrogen and oxygen atoms in total. The zero-order valence-corrected chi connectivity index (χ0v) is 12.5. The van der Waals surface area contributed by atoms with Crippen LogP contribution in [0.1, 0.15) is 51.1 Å². The molecule has 0 unspecified atom stereocenters. The summed E-state index contributed by atoms with van der Waals surface area (Å²) in [5.74, 6) is 1.13. The summed E-state index contributed by atoms with van der Waals surface area (Å²) in [5, 5.41) is 19.6. The Morgan fingerprint density at radius 1 is 1.29 bits per heavy atom. The fourth-order valence-corrected chi connectivity index (χ4v) is 3.97. The Kier molecular flexibility index (Phi) is 3.81. The zero-order valence-electron chi connectivity index (χ0n) is 12.5. The van der Waals surface area contributed by atoms with Crippen molar-refractivity contribution in [3.05, 3.63) is 18.1 Å². The van der Waals surface area contributed by atoms with Gasteiger partial charge in [0.05, 0.1) is 18.0 Å². The molecular formula is C16H22N4O. The summed E-state index contributed by atoms with van der Waals surface area (Å²) >= 11 is 0. The van der Waals surface area contributed by atoms with Crippen LogP contribution in [-0.2, 0) is 0 Å². The van der Waals surface area contributed by atoms with Gasteiger partial charge in [0.1, 0.15) is 11.9 Å². The van der Waals surface area contributed by atoms with Gasteiger partial charge in [-0.1, -0.05) is 12.8 Å². The van der Waals surface area contributed by atoms with Gasteiger partial charge in [0.25, 0.3) is 0 Å². The molecule has 1 aromatic rings. The number of nitrogens with zero attached hydrogens (tertiary/aromatic N) is 4. The van der Waals surface area contributed by atoms with Crippen LogP contribution in [0.3, 0.4) is 0 Å². The summed E-state index contributed by atoms with van der Waals surface area (Å²) in [6.07, 6.45) is 9.73. The Balaban J connectivity index is 1.83. The van der Waals surface area contributed by atoms with Gasteiger partial charge in [-0.15, -0.1) is 0 Å². The number of hydrogen-bond acceptors (Lipinski definition) is 5. The fourth-order valence-electron chi connectivity index (χ4n) is 3.97. The largest absolute Gasteiger partial charge is 0.390 e. The van der Waals surface area contributed by atoms with Crippen molar-refractivity contribution in [3.63, 3.8) is 0 Å². The van der Waals surface area contributed by atoms with E-state index in [1.54, 1.807) is 6.20 Å². The molecule has 0 radical (unpaired) electrons. The van der Waals surface area contributed by atoms with Crippen LogP contribution in [-0.4, -0.2) is 33.3 Å². The van der Waals surface area contributed by atoms with Crippen molar-refractivity contribution >= 4 is 5.82 Å².